The van der Waals surface area contributed by atoms with Gasteiger partial charge in [0.05, 0.1) is 23.1 Å². The van der Waals surface area contributed by atoms with Crippen LogP contribution in [0.25, 0.3) is 16.6 Å². The maximum atomic E-state index is 14.4. The summed E-state index contributed by atoms with van der Waals surface area (Å²) in [5.74, 6) is -0.446. The number of hydrogen-bond donors (Lipinski definition) is 2. The molecule has 1 saturated heterocycles. The number of nitrogens with zero attached hydrogens (tertiary/aromatic N) is 4. The fraction of sp³-hybridized carbons (Fsp3) is 0.304. The van der Waals surface area contributed by atoms with E-state index in [4.69, 9.17) is 0 Å². The van der Waals surface area contributed by atoms with Crippen LogP contribution >= 0.6 is 0 Å². The van der Waals surface area contributed by atoms with Crippen molar-refractivity contribution in [1.82, 2.24) is 24.9 Å². The number of anilines is 1. The summed E-state index contributed by atoms with van der Waals surface area (Å²) in [6.45, 7) is 4.95. The Labute approximate surface area is 178 Å². The van der Waals surface area contributed by atoms with Gasteiger partial charge in [0.25, 0.3) is 5.91 Å². The van der Waals surface area contributed by atoms with Gasteiger partial charge in [-0.3, -0.25) is 4.79 Å². The summed E-state index contributed by atoms with van der Waals surface area (Å²) < 4.78 is 16.0. The third-order valence-corrected chi connectivity index (χ3v) is 5.91. The minimum absolute atomic E-state index is 0.229. The van der Waals surface area contributed by atoms with Gasteiger partial charge in [0.1, 0.15) is 5.52 Å². The van der Waals surface area contributed by atoms with Crippen molar-refractivity contribution in [2.24, 2.45) is 0 Å². The summed E-state index contributed by atoms with van der Waals surface area (Å²) in [5, 5.41) is 15.5. The SMILES string of the molecule is Cc1cn2cc(NC(=O)c3ccc(C4CCNC(C)C4)c4ccnnc34)cc(F)c2n1. The molecule has 0 aliphatic carbocycles. The Hall–Kier alpha value is -3.39. The first-order valence-corrected chi connectivity index (χ1v) is 10.4. The number of aromatic nitrogens is 4. The minimum atomic E-state index is -0.495. The Morgan fingerprint density at radius 1 is 1.29 bits per heavy atom. The van der Waals surface area contributed by atoms with Crippen LogP contribution in [0.5, 0.6) is 0 Å². The molecular weight excluding hydrogens is 395 g/mol. The number of amides is 1. The highest BCUT2D eigenvalue weighted by Gasteiger charge is 2.24. The first-order chi connectivity index (χ1) is 15.0. The lowest BCUT2D eigenvalue weighted by atomic mass is 9.84. The van der Waals surface area contributed by atoms with Crippen molar-refractivity contribution < 1.29 is 9.18 Å². The Morgan fingerprint density at radius 2 is 2.16 bits per heavy atom. The molecule has 2 N–H and O–H groups in total. The van der Waals surface area contributed by atoms with Crippen LogP contribution in [-0.2, 0) is 0 Å². The largest absolute Gasteiger partial charge is 0.320 e. The van der Waals surface area contributed by atoms with Gasteiger partial charge in [0, 0.05) is 29.9 Å². The maximum absolute atomic E-state index is 14.4. The molecule has 1 aromatic carbocycles. The molecule has 1 amide bonds. The normalized spacial score (nSPS) is 19.1. The summed E-state index contributed by atoms with van der Waals surface area (Å²) in [5.41, 5.74) is 3.44. The average Bonchev–Trinajstić information content (AvgIpc) is 3.13. The van der Waals surface area contributed by atoms with Crippen molar-refractivity contribution in [3.63, 3.8) is 0 Å². The van der Waals surface area contributed by atoms with Crippen LogP contribution < -0.4 is 10.6 Å². The number of imidazole rings is 1. The van der Waals surface area contributed by atoms with E-state index in [1.54, 1.807) is 36.0 Å². The van der Waals surface area contributed by atoms with E-state index >= 15 is 0 Å². The van der Waals surface area contributed by atoms with Crippen LogP contribution in [0.4, 0.5) is 10.1 Å². The van der Waals surface area contributed by atoms with E-state index in [1.807, 2.05) is 12.1 Å². The number of halogens is 1. The number of carbonyl (C=O) groups is 1. The van der Waals surface area contributed by atoms with Crippen LogP contribution in [0.1, 0.15) is 47.3 Å². The molecule has 8 heteroatoms. The highest BCUT2D eigenvalue weighted by Crippen LogP contribution is 2.33. The Balaban J connectivity index is 1.50. The van der Waals surface area contributed by atoms with E-state index in [0.29, 0.717) is 34.4 Å². The fourth-order valence-electron chi connectivity index (χ4n) is 4.51. The zero-order valence-corrected chi connectivity index (χ0v) is 17.4. The zero-order valence-electron chi connectivity index (χ0n) is 17.4. The van der Waals surface area contributed by atoms with E-state index in [2.05, 4.69) is 32.7 Å². The van der Waals surface area contributed by atoms with E-state index in [9.17, 15) is 9.18 Å². The molecule has 0 saturated carbocycles. The number of rotatable bonds is 3. The van der Waals surface area contributed by atoms with Crippen molar-refractivity contribution in [1.29, 1.82) is 0 Å². The molecule has 31 heavy (non-hydrogen) atoms. The topological polar surface area (TPSA) is 84.2 Å². The number of piperidine rings is 1. The van der Waals surface area contributed by atoms with Gasteiger partial charge in [0.2, 0.25) is 0 Å². The Morgan fingerprint density at radius 3 is 3.00 bits per heavy atom. The number of pyridine rings is 1. The molecule has 2 atom stereocenters. The lowest BCUT2D eigenvalue weighted by Gasteiger charge is -2.29. The minimum Gasteiger partial charge on any atom is -0.320 e. The molecule has 158 valence electrons. The van der Waals surface area contributed by atoms with Gasteiger partial charge < -0.3 is 15.0 Å². The van der Waals surface area contributed by atoms with Gasteiger partial charge in [-0.2, -0.15) is 5.10 Å². The smallest absolute Gasteiger partial charge is 0.257 e. The first-order valence-electron chi connectivity index (χ1n) is 10.4. The average molecular weight is 418 g/mol. The molecule has 7 nitrogen and oxygen atoms in total. The molecule has 0 spiro atoms. The third kappa shape index (κ3) is 3.63. The van der Waals surface area contributed by atoms with E-state index in [1.165, 1.54) is 11.6 Å². The number of hydrogen-bond acceptors (Lipinski definition) is 5. The molecule has 1 aliphatic rings. The third-order valence-electron chi connectivity index (χ3n) is 5.91. The van der Waals surface area contributed by atoms with Crippen molar-refractivity contribution in [2.75, 3.05) is 11.9 Å². The molecule has 0 radical (unpaired) electrons. The number of benzene rings is 1. The Bertz CT molecular complexity index is 1300. The monoisotopic (exact) mass is 418 g/mol. The van der Waals surface area contributed by atoms with Gasteiger partial charge in [-0.1, -0.05) is 6.07 Å². The molecule has 5 rings (SSSR count). The van der Waals surface area contributed by atoms with E-state index in [-0.39, 0.29) is 11.6 Å². The molecular formula is C23H23FN6O. The molecule has 1 aliphatic heterocycles. The van der Waals surface area contributed by atoms with Crippen LogP contribution in [0.15, 0.2) is 42.9 Å². The van der Waals surface area contributed by atoms with Crippen LogP contribution in [-0.4, -0.2) is 38.1 Å². The number of nitrogens with one attached hydrogen (secondary N) is 2. The predicted octanol–water partition coefficient (Wildman–Crippen LogP) is 3.83. The van der Waals surface area contributed by atoms with Crippen molar-refractivity contribution in [2.45, 2.75) is 38.6 Å². The van der Waals surface area contributed by atoms with Gasteiger partial charge in [-0.15, -0.1) is 5.10 Å². The van der Waals surface area contributed by atoms with Crippen molar-refractivity contribution >= 4 is 28.1 Å². The van der Waals surface area contributed by atoms with Crippen LogP contribution in [0.2, 0.25) is 0 Å². The molecule has 4 aromatic rings. The van der Waals surface area contributed by atoms with Gasteiger partial charge >= 0.3 is 0 Å². The lowest BCUT2D eigenvalue weighted by Crippen LogP contribution is -2.35. The van der Waals surface area contributed by atoms with Gasteiger partial charge in [-0.05, 0) is 56.8 Å². The standard InChI is InChI=1S/C23H23FN6O/c1-13-9-15(5-7-25-13)17-3-4-19(21-18(17)6-8-26-29-21)23(31)28-16-10-20(24)22-27-14(2)11-30(22)12-16/h3-4,6,8,10-13,15,25H,5,7,9H2,1-2H3,(H,28,31). The summed E-state index contributed by atoms with van der Waals surface area (Å²) in [6, 6.07) is 7.46. The number of fused-ring (bicyclic) bond motifs is 2. The molecule has 1 fully saturated rings. The summed E-state index contributed by atoms with van der Waals surface area (Å²) >= 11 is 0. The second-order valence-electron chi connectivity index (χ2n) is 8.22. The molecule has 3 aromatic heterocycles. The first kappa shape index (κ1) is 19.6. The number of carbonyl (C=O) groups excluding carboxylic acids is 1. The lowest BCUT2D eigenvalue weighted by molar-refractivity contribution is 0.102. The summed E-state index contributed by atoms with van der Waals surface area (Å²) in [7, 11) is 0. The molecule has 0 bridgehead atoms. The fourth-order valence-corrected chi connectivity index (χ4v) is 4.51. The second-order valence-corrected chi connectivity index (χ2v) is 8.22. The van der Waals surface area contributed by atoms with Crippen molar-refractivity contribution in [3.05, 3.63) is 65.5 Å². The zero-order chi connectivity index (χ0) is 21.5. The van der Waals surface area contributed by atoms with Crippen LogP contribution in [0.3, 0.4) is 0 Å². The van der Waals surface area contributed by atoms with Gasteiger partial charge in [0.15, 0.2) is 11.5 Å². The van der Waals surface area contributed by atoms with Crippen LogP contribution in [0, 0.1) is 12.7 Å². The predicted molar refractivity (Wildman–Crippen MR) is 117 cm³/mol. The van der Waals surface area contributed by atoms with E-state index in [0.717, 1.165) is 24.8 Å². The second kappa shape index (κ2) is 7.70. The van der Waals surface area contributed by atoms with Crippen molar-refractivity contribution in [3.8, 4) is 0 Å². The van der Waals surface area contributed by atoms with Gasteiger partial charge in [-0.25, -0.2) is 9.37 Å². The summed E-state index contributed by atoms with van der Waals surface area (Å²) in [6.07, 6.45) is 7.09. The highest BCUT2D eigenvalue weighted by molar-refractivity contribution is 6.12. The Kier molecular flexibility index (Phi) is 4.86. The quantitative estimate of drug-likeness (QED) is 0.528. The summed E-state index contributed by atoms with van der Waals surface area (Å²) in [4.78, 5) is 17.2. The van der Waals surface area contributed by atoms with E-state index < -0.39 is 5.82 Å². The maximum Gasteiger partial charge on any atom is 0.257 e. The highest BCUT2D eigenvalue weighted by atomic mass is 19.1. The molecule has 2 unspecified atom stereocenters. The number of aryl methyl sites for hydroxylation is 1. The molecule has 4 heterocycles.